The average molecular weight is 378 g/mol. The van der Waals surface area contributed by atoms with Gasteiger partial charge in [0.2, 0.25) is 11.9 Å². The minimum Gasteiger partial charge on any atom is -0.497 e. The lowest BCUT2D eigenvalue weighted by molar-refractivity contribution is -0.117. The Morgan fingerprint density at radius 2 is 1.46 bits per heavy atom. The molecule has 1 aliphatic heterocycles. The Morgan fingerprint density at radius 3 is 1.96 bits per heavy atom. The van der Waals surface area contributed by atoms with Crippen molar-refractivity contribution in [2.24, 2.45) is 0 Å². The third kappa shape index (κ3) is 3.09. The van der Waals surface area contributed by atoms with Gasteiger partial charge in [-0.1, -0.05) is 24.3 Å². The Balaban J connectivity index is 1.78. The lowest BCUT2D eigenvalue weighted by Crippen LogP contribution is -2.41. The molecule has 2 aromatic carbocycles. The second-order valence-corrected chi connectivity index (χ2v) is 6.71. The van der Waals surface area contributed by atoms with Crippen molar-refractivity contribution in [1.82, 2.24) is 14.8 Å². The molecule has 7 heteroatoms. The van der Waals surface area contributed by atoms with Gasteiger partial charge in [0.05, 0.1) is 26.3 Å². The molecule has 7 nitrogen and oxygen atoms in total. The van der Waals surface area contributed by atoms with Crippen LogP contribution in [0.1, 0.15) is 36.6 Å². The minimum atomic E-state index is -0.146. The molecule has 0 unspecified atom stereocenters. The molecule has 0 spiro atoms. The third-order valence-electron chi connectivity index (χ3n) is 5.16. The highest BCUT2D eigenvalue weighted by atomic mass is 16.5. The van der Waals surface area contributed by atoms with Crippen molar-refractivity contribution in [3.63, 3.8) is 0 Å². The fraction of sp³-hybridized carbons (Fsp3) is 0.286. The maximum atomic E-state index is 12.5. The molecule has 144 valence electrons. The van der Waals surface area contributed by atoms with Crippen LogP contribution in [0.15, 0.2) is 54.9 Å². The van der Waals surface area contributed by atoms with Crippen LogP contribution < -0.4 is 14.4 Å². The molecule has 1 aliphatic rings. The van der Waals surface area contributed by atoms with Crippen molar-refractivity contribution in [1.29, 1.82) is 0 Å². The van der Waals surface area contributed by atoms with Crippen LogP contribution in [0.3, 0.4) is 0 Å². The molecule has 0 aliphatic carbocycles. The second kappa shape index (κ2) is 7.34. The molecule has 0 radical (unpaired) electrons. The number of methoxy groups -OCH3 is 2. The Bertz CT molecular complexity index is 966. The monoisotopic (exact) mass is 378 g/mol. The number of aromatic nitrogens is 3. The summed E-state index contributed by atoms with van der Waals surface area (Å²) >= 11 is 0. The number of hydrogen-bond acceptors (Lipinski definition) is 5. The number of benzene rings is 2. The summed E-state index contributed by atoms with van der Waals surface area (Å²) < 4.78 is 12.4. The zero-order valence-electron chi connectivity index (χ0n) is 16.1. The largest absolute Gasteiger partial charge is 0.497 e. The zero-order chi connectivity index (χ0) is 19.7. The van der Waals surface area contributed by atoms with E-state index >= 15 is 0 Å². The second-order valence-electron chi connectivity index (χ2n) is 6.71. The Kier molecular flexibility index (Phi) is 4.73. The summed E-state index contributed by atoms with van der Waals surface area (Å²) in [6.07, 6.45) is 2.19. The molecule has 2 heterocycles. The van der Waals surface area contributed by atoms with Gasteiger partial charge in [0.15, 0.2) is 0 Å². The van der Waals surface area contributed by atoms with E-state index in [1.807, 2.05) is 53.2 Å². The van der Waals surface area contributed by atoms with Crippen molar-refractivity contribution in [3.8, 4) is 11.5 Å². The van der Waals surface area contributed by atoms with E-state index in [0.717, 1.165) is 22.6 Å². The topological polar surface area (TPSA) is 69.5 Å². The Morgan fingerprint density at radius 1 is 0.929 bits per heavy atom. The van der Waals surface area contributed by atoms with Crippen LogP contribution in [0, 0.1) is 0 Å². The number of hydrogen-bond donors (Lipinski definition) is 0. The van der Waals surface area contributed by atoms with Gasteiger partial charge in [0.1, 0.15) is 17.8 Å². The normalized spacial score (nSPS) is 18.5. The van der Waals surface area contributed by atoms with Crippen LogP contribution in [-0.2, 0) is 4.79 Å². The van der Waals surface area contributed by atoms with E-state index in [0.29, 0.717) is 12.4 Å². The van der Waals surface area contributed by atoms with Gasteiger partial charge in [-0.05, 0) is 41.8 Å². The van der Waals surface area contributed by atoms with E-state index in [4.69, 9.17) is 9.47 Å². The highest BCUT2D eigenvalue weighted by molar-refractivity contribution is 5.90. The SMILES string of the molecule is COc1ccc([C@@H]2C[C@@H](c3ccc(OC)cc3)n3ncnc3N2C(C)=O)cc1. The number of fused-ring (bicyclic) bond motifs is 1. The number of ether oxygens (including phenoxy) is 2. The van der Waals surface area contributed by atoms with Crippen molar-refractivity contribution in [3.05, 3.63) is 66.0 Å². The van der Waals surface area contributed by atoms with E-state index in [9.17, 15) is 4.79 Å². The minimum absolute atomic E-state index is 0.0360. The first-order chi connectivity index (χ1) is 13.6. The Labute approximate surface area is 163 Å². The average Bonchev–Trinajstić information content (AvgIpc) is 3.22. The van der Waals surface area contributed by atoms with Crippen molar-refractivity contribution in [2.45, 2.75) is 25.4 Å². The fourth-order valence-corrected chi connectivity index (χ4v) is 3.77. The van der Waals surface area contributed by atoms with E-state index < -0.39 is 0 Å². The van der Waals surface area contributed by atoms with Crippen molar-refractivity contribution >= 4 is 11.9 Å². The maximum absolute atomic E-state index is 12.5. The van der Waals surface area contributed by atoms with Crippen molar-refractivity contribution in [2.75, 3.05) is 19.1 Å². The lowest BCUT2D eigenvalue weighted by Gasteiger charge is -2.38. The molecule has 0 saturated heterocycles. The predicted molar refractivity (Wildman–Crippen MR) is 105 cm³/mol. The summed E-state index contributed by atoms with van der Waals surface area (Å²) in [6, 6.07) is 15.6. The maximum Gasteiger partial charge on any atom is 0.231 e. The molecular formula is C21H22N4O3. The third-order valence-corrected chi connectivity index (χ3v) is 5.16. The molecule has 1 amide bonds. The van der Waals surface area contributed by atoms with Gasteiger partial charge < -0.3 is 9.47 Å². The highest BCUT2D eigenvalue weighted by Crippen LogP contribution is 2.42. The van der Waals surface area contributed by atoms with Crippen LogP contribution in [0.25, 0.3) is 0 Å². The molecule has 1 aromatic heterocycles. The standard InChI is InChI=1S/C21H22N4O3/c1-14(26)24-19(15-4-8-17(27-2)9-5-15)12-20(25-21(24)22-13-23-25)16-6-10-18(28-3)11-7-16/h4-11,13,19-20H,12H2,1-3H3/t19-,20-/m0/s1. The molecular weight excluding hydrogens is 356 g/mol. The first-order valence-corrected chi connectivity index (χ1v) is 9.09. The van der Waals surface area contributed by atoms with Gasteiger partial charge in [-0.3, -0.25) is 9.69 Å². The van der Waals surface area contributed by atoms with E-state index in [2.05, 4.69) is 10.1 Å². The zero-order valence-corrected chi connectivity index (χ0v) is 16.1. The molecule has 3 aromatic rings. The summed E-state index contributed by atoms with van der Waals surface area (Å²) in [6.45, 7) is 1.56. The summed E-state index contributed by atoms with van der Waals surface area (Å²) in [4.78, 5) is 18.6. The first-order valence-electron chi connectivity index (χ1n) is 9.09. The summed E-state index contributed by atoms with van der Waals surface area (Å²) in [7, 11) is 3.29. The number of carbonyl (C=O) groups is 1. The number of amides is 1. The number of anilines is 1. The van der Waals surface area contributed by atoms with Gasteiger partial charge in [0.25, 0.3) is 0 Å². The molecule has 4 rings (SSSR count). The van der Waals surface area contributed by atoms with E-state index in [1.165, 1.54) is 6.33 Å². The van der Waals surface area contributed by atoms with Crippen LogP contribution in [0.2, 0.25) is 0 Å². The number of carbonyl (C=O) groups excluding carboxylic acids is 1. The van der Waals surface area contributed by atoms with Gasteiger partial charge in [-0.15, -0.1) is 0 Å². The quantitative estimate of drug-likeness (QED) is 0.696. The molecule has 2 atom stereocenters. The lowest BCUT2D eigenvalue weighted by atomic mass is 9.92. The van der Waals surface area contributed by atoms with Crippen LogP contribution in [0.5, 0.6) is 11.5 Å². The molecule has 0 bridgehead atoms. The predicted octanol–water partition coefficient (Wildman–Crippen LogP) is 3.38. The van der Waals surface area contributed by atoms with Gasteiger partial charge in [-0.2, -0.15) is 10.1 Å². The highest BCUT2D eigenvalue weighted by Gasteiger charge is 2.38. The number of nitrogens with zero attached hydrogens (tertiary/aromatic N) is 4. The van der Waals surface area contributed by atoms with Crippen molar-refractivity contribution < 1.29 is 14.3 Å². The van der Waals surface area contributed by atoms with Gasteiger partial charge in [-0.25, -0.2) is 4.68 Å². The van der Waals surface area contributed by atoms with Crippen LogP contribution in [-0.4, -0.2) is 34.9 Å². The smallest absolute Gasteiger partial charge is 0.231 e. The summed E-state index contributed by atoms with van der Waals surface area (Å²) in [5, 5.41) is 4.41. The molecule has 28 heavy (non-hydrogen) atoms. The fourth-order valence-electron chi connectivity index (χ4n) is 3.77. The molecule has 0 fully saturated rings. The van der Waals surface area contributed by atoms with E-state index in [-0.39, 0.29) is 18.0 Å². The van der Waals surface area contributed by atoms with Crippen LogP contribution in [0.4, 0.5) is 5.95 Å². The van der Waals surface area contributed by atoms with E-state index in [1.54, 1.807) is 26.0 Å². The summed E-state index contributed by atoms with van der Waals surface area (Å²) in [5.41, 5.74) is 2.12. The molecule has 0 saturated carbocycles. The first kappa shape index (κ1) is 18.0. The summed E-state index contributed by atoms with van der Waals surface area (Å²) in [5.74, 6) is 2.07. The Hall–Kier alpha value is -3.35. The van der Waals surface area contributed by atoms with Gasteiger partial charge in [0, 0.05) is 6.92 Å². The molecule has 0 N–H and O–H groups in total. The number of rotatable bonds is 4. The van der Waals surface area contributed by atoms with Gasteiger partial charge >= 0.3 is 0 Å². The van der Waals surface area contributed by atoms with Crippen LogP contribution >= 0.6 is 0 Å².